The molecule has 0 saturated heterocycles. The second kappa shape index (κ2) is 8.00. The van der Waals surface area contributed by atoms with Crippen LogP contribution in [0.25, 0.3) is 11.3 Å². The molecular weight excluding hydrogens is 375 g/mol. The predicted molar refractivity (Wildman–Crippen MR) is 106 cm³/mol. The summed E-state index contributed by atoms with van der Waals surface area (Å²) in [5.41, 5.74) is 2.51. The Bertz CT molecular complexity index is 880. The van der Waals surface area contributed by atoms with Crippen LogP contribution in [0.3, 0.4) is 0 Å². The van der Waals surface area contributed by atoms with Crippen molar-refractivity contribution in [2.24, 2.45) is 0 Å². The number of nitrogens with one attached hydrogen (secondary N) is 1. The van der Waals surface area contributed by atoms with Gasteiger partial charge >= 0.3 is 0 Å². The van der Waals surface area contributed by atoms with Crippen LogP contribution in [0.2, 0.25) is 10.0 Å². The first-order chi connectivity index (χ1) is 12.1. The lowest BCUT2D eigenvalue weighted by Crippen LogP contribution is -2.20. The molecule has 25 heavy (non-hydrogen) atoms. The van der Waals surface area contributed by atoms with Gasteiger partial charge in [-0.3, -0.25) is 4.79 Å². The molecule has 6 heteroatoms. The fourth-order valence-corrected chi connectivity index (χ4v) is 3.82. The minimum absolute atomic E-state index is 0.0585. The van der Waals surface area contributed by atoms with Gasteiger partial charge in [0.2, 0.25) is 5.91 Å². The molecule has 0 aliphatic heterocycles. The summed E-state index contributed by atoms with van der Waals surface area (Å²) in [6, 6.07) is 15.0. The lowest BCUT2D eigenvalue weighted by molar-refractivity contribution is -0.117. The van der Waals surface area contributed by atoms with Crippen LogP contribution < -0.4 is 5.32 Å². The number of amides is 1. The number of benzene rings is 2. The van der Waals surface area contributed by atoms with E-state index in [0.717, 1.165) is 23.2 Å². The van der Waals surface area contributed by atoms with E-state index in [1.54, 1.807) is 12.1 Å². The molecule has 0 bridgehead atoms. The summed E-state index contributed by atoms with van der Waals surface area (Å²) in [5.74, 6) is -0.260. The monoisotopic (exact) mass is 390 g/mol. The third-order valence-electron chi connectivity index (χ3n) is 3.87. The zero-order valence-electron chi connectivity index (χ0n) is 13.5. The Labute approximate surface area is 160 Å². The van der Waals surface area contributed by atoms with Gasteiger partial charge < -0.3 is 5.32 Å². The van der Waals surface area contributed by atoms with Gasteiger partial charge in [0.05, 0.1) is 16.6 Å². The van der Waals surface area contributed by atoms with Crippen LogP contribution in [0.1, 0.15) is 24.8 Å². The van der Waals surface area contributed by atoms with Crippen molar-refractivity contribution in [2.75, 3.05) is 5.32 Å². The lowest BCUT2D eigenvalue weighted by atomic mass is 9.96. The van der Waals surface area contributed by atoms with Crippen molar-refractivity contribution < 1.29 is 4.79 Å². The van der Waals surface area contributed by atoms with Crippen LogP contribution in [-0.2, 0) is 4.79 Å². The topological polar surface area (TPSA) is 42.0 Å². The molecule has 0 fully saturated rings. The highest BCUT2D eigenvalue weighted by Crippen LogP contribution is 2.32. The smallest absolute Gasteiger partial charge is 0.233 e. The molecule has 3 nitrogen and oxygen atoms in total. The van der Waals surface area contributed by atoms with Crippen molar-refractivity contribution in [3.8, 4) is 11.3 Å². The molecule has 0 spiro atoms. The van der Waals surface area contributed by atoms with Gasteiger partial charge in [-0.1, -0.05) is 60.5 Å². The maximum atomic E-state index is 12.6. The van der Waals surface area contributed by atoms with Crippen LogP contribution in [-0.4, -0.2) is 10.9 Å². The quantitative estimate of drug-likeness (QED) is 0.559. The zero-order chi connectivity index (χ0) is 17.8. The largest absolute Gasteiger partial charge is 0.301 e. The van der Waals surface area contributed by atoms with Gasteiger partial charge in [-0.05, 0) is 30.2 Å². The SMILES string of the molecule is CCC(C(=O)Nc1nc(-c2ccc(Cl)cc2Cl)cs1)c1ccccc1. The first kappa shape index (κ1) is 17.9. The number of hydrogen-bond donors (Lipinski definition) is 1. The zero-order valence-corrected chi connectivity index (χ0v) is 15.8. The maximum absolute atomic E-state index is 12.6. The molecule has 0 aliphatic rings. The Morgan fingerprint density at radius 2 is 1.96 bits per heavy atom. The van der Waals surface area contributed by atoms with Gasteiger partial charge in [0.1, 0.15) is 0 Å². The summed E-state index contributed by atoms with van der Waals surface area (Å²) in [6.45, 7) is 2.00. The van der Waals surface area contributed by atoms with E-state index in [0.29, 0.717) is 15.2 Å². The standard InChI is InChI=1S/C19H16Cl2N2OS/c1-2-14(12-6-4-3-5-7-12)18(24)23-19-22-17(11-25-19)15-9-8-13(20)10-16(15)21/h3-11,14H,2H2,1H3,(H,22,23,24). The van der Waals surface area contributed by atoms with Crippen LogP contribution in [0.5, 0.6) is 0 Å². The Balaban J connectivity index is 1.77. The lowest BCUT2D eigenvalue weighted by Gasteiger charge is -2.14. The second-order valence-corrected chi connectivity index (χ2v) is 7.22. The van der Waals surface area contributed by atoms with Gasteiger partial charge in [-0.25, -0.2) is 4.98 Å². The summed E-state index contributed by atoms with van der Waals surface area (Å²) < 4.78 is 0. The molecule has 1 unspecified atom stereocenters. The summed E-state index contributed by atoms with van der Waals surface area (Å²) in [6.07, 6.45) is 0.719. The number of carbonyl (C=O) groups is 1. The minimum atomic E-state index is -0.201. The van der Waals surface area contributed by atoms with E-state index in [1.807, 2.05) is 48.7 Å². The fraction of sp³-hybridized carbons (Fsp3) is 0.158. The average Bonchev–Trinajstić information content (AvgIpc) is 3.04. The molecule has 3 aromatic rings. The van der Waals surface area contributed by atoms with Crippen LogP contribution in [0, 0.1) is 0 Å². The molecule has 1 heterocycles. The molecule has 0 saturated carbocycles. The highest BCUT2D eigenvalue weighted by atomic mass is 35.5. The van der Waals surface area contributed by atoms with Gasteiger partial charge in [-0.15, -0.1) is 11.3 Å². The number of rotatable bonds is 5. The van der Waals surface area contributed by atoms with E-state index in [1.165, 1.54) is 11.3 Å². The molecule has 3 rings (SSSR count). The molecule has 1 amide bonds. The van der Waals surface area contributed by atoms with Gasteiger partial charge in [0, 0.05) is 16.0 Å². The summed E-state index contributed by atoms with van der Waals surface area (Å²) in [4.78, 5) is 17.1. The van der Waals surface area contributed by atoms with Crippen molar-refractivity contribution in [2.45, 2.75) is 19.3 Å². The molecule has 1 atom stereocenters. The van der Waals surface area contributed by atoms with Crippen LogP contribution >= 0.6 is 34.5 Å². The molecular formula is C19H16Cl2N2OS. The second-order valence-electron chi connectivity index (χ2n) is 5.52. The highest BCUT2D eigenvalue weighted by molar-refractivity contribution is 7.14. The van der Waals surface area contributed by atoms with E-state index in [2.05, 4.69) is 10.3 Å². The first-order valence-electron chi connectivity index (χ1n) is 7.85. The van der Waals surface area contributed by atoms with Crippen molar-refractivity contribution in [1.29, 1.82) is 0 Å². The van der Waals surface area contributed by atoms with E-state index in [9.17, 15) is 4.79 Å². The summed E-state index contributed by atoms with van der Waals surface area (Å²) in [7, 11) is 0. The Morgan fingerprint density at radius 3 is 2.64 bits per heavy atom. The van der Waals surface area contributed by atoms with Crippen LogP contribution in [0.4, 0.5) is 5.13 Å². The van der Waals surface area contributed by atoms with E-state index < -0.39 is 0 Å². The maximum Gasteiger partial charge on any atom is 0.233 e. The fourth-order valence-electron chi connectivity index (χ4n) is 2.60. The average molecular weight is 391 g/mol. The molecule has 128 valence electrons. The molecule has 2 aromatic carbocycles. The number of thiazole rings is 1. The van der Waals surface area contributed by atoms with Crippen molar-refractivity contribution >= 4 is 45.6 Å². The van der Waals surface area contributed by atoms with E-state index in [4.69, 9.17) is 23.2 Å². The summed E-state index contributed by atoms with van der Waals surface area (Å²) in [5, 5.41) is 6.45. The van der Waals surface area contributed by atoms with Gasteiger partial charge in [-0.2, -0.15) is 0 Å². The predicted octanol–water partition coefficient (Wildman–Crippen LogP) is 6.25. The molecule has 0 aliphatic carbocycles. The molecule has 1 N–H and O–H groups in total. The number of aromatic nitrogens is 1. The Kier molecular flexibility index (Phi) is 5.74. The summed E-state index contributed by atoms with van der Waals surface area (Å²) >= 11 is 13.5. The van der Waals surface area contributed by atoms with E-state index >= 15 is 0 Å². The highest BCUT2D eigenvalue weighted by Gasteiger charge is 2.20. The number of anilines is 1. The van der Waals surface area contributed by atoms with Crippen LogP contribution in [0.15, 0.2) is 53.9 Å². The number of halogens is 2. The van der Waals surface area contributed by atoms with Crippen molar-refractivity contribution in [3.05, 3.63) is 69.5 Å². The first-order valence-corrected chi connectivity index (χ1v) is 9.48. The molecule has 0 radical (unpaired) electrons. The van der Waals surface area contributed by atoms with Crippen molar-refractivity contribution in [3.63, 3.8) is 0 Å². The Hall–Kier alpha value is -1.88. The Morgan fingerprint density at radius 1 is 1.20 bits per heavy atom. The minimum Gasteiger partial charge on any atom is -0.301 e. The normalized spacial score (nSPS) is 12.0. The third-order valence-corrected chi connectivity index (χ3v) is 5.17. The molecule has 1 aromatic heterocycles. The number of nitrogens with zero attached hydrogens (tertiary/aromatic N) is 1. The van der Waals surface area contributed by atoms with E-state index in [-0.39, 0.29) is 11.8 Å². The number of carbonyl (C=O) groups excluding carboxylic acids is 1. The van der Waals surface area contributed by atoms with Gasteiger partial charge in [0.25, 0.3) is 0 Å². The van der Waals surface area contributed by atoms with Crippen molar-refractivity contribution in [1.82, 2.24) is 4.98 Å². The number of hydrogen-bond acceptors (Lipinski definition) is 3. The van der Waals surface area contributed by atoms with Gasteiger partial charge in [0.15, 0.2) is 5.13 Å². The third kappa shape index (κ3) is 4.21.